The second kappa shape index (κ2) is 6.82. The molecule has 0 saturated carbocycles. The lowest BCUT2D eigenvalue weighted by Gasteiger charge is -2.08. The summed E-state index contributed by atoms with van der Waals surface area (Å²) < 4.78 is 24.7. The topological polar surface area (TPSA) is 78.0 Å². The first kappa shape index (κ1) is 17.4. The molecular formula is C19H21N3O2S. The fourth-order valence-electron chi connectivity index (χ4n) is 2.71. The number of hydrogen-bond acceptors (Lipinski definition) is 3. The van der Waals surface area contributed by atoms with Gasteiger partial charge in [-0.2, -0.15) is 5.10 Å². The third kappa shape index (κ3) is 3.81. The molecule has 25 heavy (non-hydrogen) atoms. The van der Waals surface area contributed by atoms with Crippen LogP contribution in [0.2, 0.25) is 0 Å². The zero-order valence-corrected chi connectivity index (χ0v) is 15.1. The highest BCUT2D eigenvalue weighted by Crippen LogP contribution is 2.25. The van der Waals surface area contributed by atoms with Gasteiger partial charge in [0.25, 0.3) is 0 Å². The molecule has 0 aliphatic heterocycles. The Morgan fingerprint density at radius 3 is 2.24 bits per heavy atom. The highest BCUT2D eigenvalue weighted by molar-refractivity contribution is 7.89. The molecule has 0 fully saturated rings. The van der Waals surface area contributed by atoms with Crippen LogP contribution < -0.4 is 5.14 Å². The van der Waals surface area contributed by atoms with Crippen LogP contribution in [0.3, 0.4) is 0 Å². The van der Waals surface area contributed by atoms with Crippen LogP contribution in [0.15, 0.2) is 59.5 Å². The van der Waals surface area contributed by atoms with Crippen LogP contribution in [0.4, 0.5) is 0 Å². The predicted octanol–water partition coefficient (Wildman–Crippen LogP) is 3.45. The Bertz CT molecular complexity index is 973. The van der Waals surface area contributed by atoms with E-state index in [1.807, 2.05) is 4.68 Å². The van der Waals surface area contributed by atoms with E-state index in [9.17, 15) is 8.42 Å². The summed E-state index contributed by atoms with van der Waals surface area (Å²) in [6.07, 6.45) is 1.90. The molecule has 6 heteroatoms. The Labute approximate surface area is 148 Å². The summed E-state index contributed by atoms with van der Waals surface area (Å²) in [6.45, 7) is 4.17. The van der Waals surface area contributed by atoms with E-state index in [2.05, 4.69) is 44.2 Å². The number of rotatable bonds is 5. The highest BCUT2D eigenvalue weighted by atomic mass is 32.2. The molecule has 0 radical (unpaired) electrons. The summed E-state index contributed by atoms with van der Waals surface area (Å²) in [7, 11) is -3.70. The van der Waals surface area contributed by atoms with Crippen LogP contribution in [-0.4, -0.2) is 18.2 Å². The van der Waals surface area contributed by atoms with Gasteiger partial charge in [0.15, 0.2) is 0 Å². The maximum atomic E-state index is 11.4. The second-order valence-electron chi connectivity index (χ2n) is 6.09. The smallest absolute Gasteiger partial charge is 0.233 e. The molecule has 2 aromatic carbocycles. The average molecular weight is 355 g/mol. The lowest BCUT2D eigenvalue weighted by molar-refractivity contribution is 0.598. The minimum absolute atomic E-state index is 0.0917. The molecule has 3 rings (SSSR count). The van der Waals surface area contributed by atoms with Gasteiger partial charge in [0.1, 0.15) is 0 Å². The van der Waals surface area contributed by atoms with E-state index >= 15 is 0 Å². The van der Waals surface area contributed by atoms with Crippen molar-refractivity contribution < 1.29 is 8.42 Å². The maximum Gasteiger partial charge on any atom is 0.238 e. The monoisotopic (exact) mass is 355 g/mol. The molecule has 3 aromatic rings. The van der Waals surface area contributed by atoms with Crippen LogP contribution in [0.5, 0.6) is 0 Å². The van der Waals surface area contributed by atoms with Gasteiger partial charge in [-0.3, -0.25) is 0 Å². The van der Waals surface area contributed by atoms with Gasteiger partial charge in [0.05, 0.1) is 22.0 Å². The van der Waals surface area contributed by atoms with Crippen molar-refractivity contribution in [1.29, 1.82) is 0 Å². The van der Waals surface area contributed by atoms with Crippen LogP contribution in [0, 0.1) is 6.92 Å². The molecule has 1 heterocycles. The SMILES string of the molecule is CCCc1cc(-c2ccc(C)cc2)n(-c2ccc(S(N)(=O)=O)cc2)n1. The number of benzene rings is 2. The molecule has 0 spiro atoms. The van der Waals surface area contributed by atoms with Crippen molar-refractivity contribution in [2.45, 2.75) is 31.6 Å². The van der Waals surface area contributed by atoms with E-state index in [1.54, 1.807) is 12.1 Å². The average Bonchev–Trinajstić information content (AvgIpc) is 2.99. The van der Waals surface area contributed by atoms with Crippen molar-refractivity contribution in [3.8, 4) is 16.9 Å². The van der Waals surface area contributed by atoms with Gasteiger partial charge in [-0.15, -0.1) is 0 Å². The molecule has 0 saturated heterocycles. The number of nitrogens with two attached hydrogens (primary N) is 1. The van der Waals surface area contributed by atoms with Gasteiger partial charge in [-0.1, -0.05) is 43.2 Å². The van der Waals surface area contributed by atoms with E-state index in [0.717, 1.165) is 35.5 Å². The molecule has 0 unspecified atom stereocenters. The van der Waals surface area contributed by atoms with Crippen molar-refractivity contribution in [3.05, 3.63) is 65.9 Å². The summed E-state index contributed by atoms with van der Waals surface area (Å²) in [4.78, 5) is 0.0917. The van der Waals surface area contributed by atoms with Crippen LogP contribution >= 0.6 is 0 Å². The van der Waals surface area contributed by atoms with E-state index in [0.29, 0.717) is 0 Å². The molecule has 0 aliphatic rings. The van der Waals surface area contributed by atoms with Gasteiger partial charge in [0.2, 0.25) is 10.0 Å². The normalized spacial score (nSPS) is 11.6. The summed E-state index contributed by atoms with van der Waals surface area (Å²) in [5, 5.41) is 9.87. The largest absolute Gasteiger partial charge is 0.238 e. The first-order valence-electron chi connectivity index (χ1n) is 8.17. The first-order chi connectivity index (χ1) is 11.9. The van der Waals surface area contributed by atoms with Crippen LogP contribution in [0.25, 0.3) is 16.9 Å². The van der Waals surface area contributed by atoms with Gasteiger partial charge in [-0.05, 0) is 43.7 Å². The summed E-state index contributed by atoms with van der Waals surface area (Å²) >= 11 is 0. The predicted molar refractivity (Wildman–Crippen MR) is 99.1 cm³/mol. The van der Waals surface area contributed by atoms with Crippen LogP contribution in [0.1, 0.15) is 24.6 Å². The fraction of sp³-hybridized carbons (Fsp3) is 0.211. The van der Waals surface area contributed by atoms with Crippen molar-refractivity contribution in [3.63, 3.8) is 0 Å². The van der Waals surface area contributed by atoms with E-state index in [-0.39, 0.29) is 4.90 Å². The van der Waals surface area contributed by atoms with Gasteiger partial charge in [0, 0.05) is 5.56 Å². The van der Waals surface area contributed by atoms with Crippen molar-refractivity contribution >= 4 is 10.0 Å². The number of aromatic nitrogens is 2. The molecular weight excluding hydrogens is 334 g/mol. The third-order valence-electron chi connectivity index (χ3n) is 4.02. The van der Waals surface area contributed by atoms with Crippen LogP contribution in [-0.2, 0) is 16.4 Å². The summed E-state index contributed by atoms with van der Waals surface area (Å²) in [5.74, 6) is 0. The zero-order valence-electron chi connectivity index (χ0n) is 14.3. The Kier molecular flexibility index (Phi) is 4.74. The lowest BCUT2D eigenvalue weighted by Crippen LogP contribution is -2.12. The van der Waals surface area contributed by atoms with Crippen molar-refractivity contribution in [2.24, 2.45) is 5.14 Å². The fourth-order valence-corrected chi connectivity index (χ4v) is 3.23. The van der Waals surface area contributed by atoms with Gasteiger partial charge in [-0.25, -0.2) is 18.2 Å². The molecule has 0 aliphatic carbocycles. The Balaban J connectivity index is 2.09. The molecule has 0 bridgehead atoms. The van der Waals surface area contributed by atoms with E-state index in [4.69, 9.17) is 10.2 Å². The number of hydrogen-bond donors (Lipinski definition) is 1. The lowest BCUT2D eigenvalue weighted by atomic mass is 10.1. The minimum atomic E-state index is -3.70. The van der Waals surface area contributed by atoms with Crippen molar-refractivity contribution in [1.82, 2.24) is 9.78 Å². The molecule has 1 aromatic heterocycles. The van der Waals surface area contributed by atoms with E-state index in [1.165, 1.54) is 17.7 Å². The quantitative estimate of drug-likeness (QED) is 0.761. The van der Waals surface area contributed by atoms with Gasteiger partial charge >= 0.3 is 0 Å². The first-order valence-corrected chi connectivity index (χ1v) is 9.72. The Morgan fingerprint density at radius 1 is 1.04 bits per heavy atom. The Morgan fingerprint density at radius 2 is 1.68 bits per heavy atom. The third-order valence-corrected chi connectivity index (χ3v) is 4.95. The molecule has 130 valence electrons. The number of aryl methyl sites for hydroxylation is 2. The molecule has 5 nitrogen and oxygen atoms in total. The summed E-state index contributed by atoms with van der Waals surface area (Å²) in [6, 6.07) is 16.8. The van der Waals surface area contributed by atoms with Gasteiger partial charge < -0.3 is 0 Å². The summed E-state index contributed by atoms with van der Waals surface area (Å²) in [5.41, 5.74) is 5.04. The molecule has 0 amide bonds. The standard InChI is InChI=1S/C19H21N3O2S/c1-3-4-16-13-19(15-7-5-14(2)6-8-15)22(21-16)17-9-11-18(12-10-17)25(20,23)24/h5-13H,3-4H2,1-2H3,(H2,20,23,24). The molecule has 2 N–H and O–H groups in total. The highest BCUT2D eigenvalue weighted by Gasteiger charge is 2.13. The molecule has 0 atom stereocenters. The Hall–Kier alpha value is -2.44. The second-order valence-corrected chi connectivity index (χ2v) is 7.65. The number of primary sulfonamides is 1. The van der Waals surface area contributed by atoms with Crippen molar-refractivity contribution in [2.75, 3.05) is 0 Å². The zero-order chi connectivity index (χ0) is 18.0. The number of sulfonamides is 1. The minimum Gasteiger partial charge on any atom is -0.233 e. The maximum absolute atomic E-state index is 11.4. The van der Waals surface area contributed by atoms with E-state index < -0.39 is 10.0 Å². The number of nitrogens with zero attached hydrogens (tertiary/aromatic N) is 2.